The molecular formula is C15H18O7. The van der Waals surface area contributed by atoms with Gasteiger partial charge in [-0.3, -0.25) is 9.59 Å². The fourth-order valence-electron chi connectivity index (χ4n) is 3.06. The Labute approximate surface area is 127 Å². The van der Waals surface area contributed by atoms with Crippen molar-refractivity contribution >= 4 is 11.9 Å². The lowest BCUT2D eigenvalue weighted by Crippen LogP contribution is -2.45. The van der Waals surface area contributed by atoms with Gasteiger partial charge in [0, 0.05) is 6.42 Å². The van der Waals surface area contributed by atoms with E-state index in [1.807, 2.05) is 0 Å². The second-order valence-electron chi connectivity index (χ2n) is 5.86. The number of allylic oxidation sites excluding steroid dienone is 1. The first-order valence-corrected chi connectivity index (χ1v) is 7.13. The van der Waals surface area contributed by atoms with Crippen LogP contribution in [-0.2, 0) is 23.8 Å². The van der Waals surface area contributed by atoms with Crippen LogP contribution in [0.25, 0.3) is 0 Å². The molecule has 2 heterocycles. The van der Waals surface area contributed by atoms with Crippen molar-refractivity contribution in [2.75, 3.05) is 20.3 Å². The lowest BCUT2D eigenvalue weighted by atomic mass is 9.67. The molecule has 0 spiro atoms. The Hall–Kier alpha value is -1.86. The first-order valence-electron chi connectivity index (χ1n) is 7.13. The topological polar surface area (TPSA) is 109 Å². The van der Waals surface area contributed by atoms with Crippen LogP contribution < -0.4 is 0 Å². The van der Waals surface area contributed by atoms with E-state index in [-0.39, 0.29) is 24.4 Å². The summed E-state index contributed by atoms with van der Waals surface area (Å²) in [6.07, 6.45) is 3.64. The predicted molar refractivity (Wildman–Crippen MR) is 73.1 cm³/mol. The third kappa shape index (κ3) is 2.62. The number of carbonyl (C=O) groups is 2. The van der Waals surface area contributed by atoms with Crippen LogP contribution in [0.1, 0.15) is 12.8 Å². The molecule has 2 saturated heterocycles. The van der Waals surface area contributed by atoms with Crippen LogP contribution in [0.2, 0.25) is 0 Å². The van der Waals surface area contributed by atoms with Crippen molar-refractivity contribution in [1.82, 2.24) is 0 Å². The molecular weight excluding hydrogens is 292 g/mol. The van der Waals surface area contributed by atoms with Crippen molar-refractivity contribution in [2.45, 2.75) is 25.0 Å². The van der Waals surface area contributed by atoms with Crippen molar-refractivity contribution < 1.29 is 34.0 Å². The molecule has 0 aromatic carbocycles. The van der Waals surface area contributed by atoms with Crippen molar-refractivity contribution in [3.8, 4) is 0 Å². The third-order valence-corrected chi connectivity index (χ3v) is 4.36. The lowest BCUT2D eigenvalue weighted by Gasteiger charge is -2.36. The summed E-state index contributed by atoms with van der Waals surface area (Å²) in [5, 5.41) is 19.3. The zero-order valence-corrected chi connectivity index (χ0v) is 12.2. The quantitative estimate of drug-likeness (QED) is 0.670. The molecule has 1 aliphatic carbocycles. The van der Waals surface area contributed by atoms with Gasteiger partial charge in [0.1, 0.15) is 17.1 Å². The minimum absolute atomic E-state index is 0.0586. The molecule has 120 valence electrons. The monoisotopic (exact) mass is 310 g/mol. The molecule has 0 aromatic heterocycles. The fraction of sp³-hybridized carbons (Fsp3) is 0.600. The van der Waals surface area contributed by atoms with Crippen LogP contribution in [0.3, 0.4) is 0 Å². The van der Waals surface area contributed by atoms with Gasteiger partial charge in [-0.15, -0.1) is 0 Å². The summed E-state index contributed by atoms with van der Waals surface area (Å²) in [6, 6.07) is 0. The minimum atomic E-state index is -1.55. The summed E-state index contributed by atoms with van der Waals surface area (Å²) in [6.45, 7) is 1.09. The molecule has 22 heavy (non-hydrogen) atoms. The highest BCUT2D eigenvalue weighted by atomic mass is 16.6. The van der Waals surface area contributed by atoms with Crippen molar-refractivity contribution in [2.24, 2.45) is 11.3 Å². The number of methoxy groups -OCH3 is 1. The third-order valence-electron chi connectivity index (χ3n) is 4.36. The normalized spacial score (nSPS) is 36.1. The van der Waals surface area contributed by atoms with Gasteiger partial charge in [-0.1, -0.05) is 12.2 Å². The molecule has 3 aliphatic rings. The molecule has 0 radical (unpaired) electrons. The summed E-state index contributed by atoms with van der Waals surface area (Å²) < 4.78 is 15.6. The first-order chi connectivity index (χ1) is 10.5. The maximum Gasteiger partial charge on any atom is 0.315 e. The number of carboxylic acids is 2. The van der Waals surface area contributed by atoms with Crippen molar-refractivity contribution in [3.05, 3.63) is 23.5 Å². The number of aliphatic carboxylic acids is 2. The maximum atomic E-state index is 11.9. The van der Waals surface area contributed by atoms with Crippen LogP contribution >= 0.6 is 0 Å². The largest absolute Gasteiger partial charge is 0.500 e. The molecule has 2 fully saturated rings. The SMILES string of the molecule is COC1=C(CC2CO2)C=CC(CC2CO2)(C(=O)O)C1C(=O)O. The Morgan fingerprint density at radius 3 is 2.41 bits per heavy atom. The Balaban J connectivity index is 2.00. The van der Waals surface area contributed by atoms with E-state index in [4.69, 9.17) is 14.2 Å². The number of hydrogen-bond acceptors (Lipinski definition) is 5. The Morgan fingerprint density at radius 1 is 1.32 bits per heavy atom. The average molecular weight is 310 g/mol. The molecule has 2 N–H and O–H groups in total. The number of rotatable bonds is 7. The van der Waals surface area contributed by atoms with E-state index in [1.54, 1.807) is 6.08 Å². The van der Waals surface area contributed by atoms with Crippen LogP contribution in [-0.4, -0.2) is 54.7 Å². The lowest BCUT2D eigenvalue weighted by molar-refractivity contribution is -0.159. The smallest absolute Gasteiger partial charge is 0.315 e. The summed E-state index contributed by atoms with van der Waals surface area (Å²) in [7, 11) is 1.37. The number of carboxylic acid groups (broad SMARTS) is 2. The van der Waals surface area contributed by atoms with Gasteiger partial charge in [-0.05, 0) is 12.0 Å². The Bertz CT molecular complexity index is 556. The van der Waals surface area contributed by atoms with E-state index in [2.05, 4.69) is 0 Å². The van der Waals surface area contributed by atoms with E-state index in [0.717, 1.165) is 0 Å². The zero-order chi connectivity index (χ0) is 15.9. The Morgan fingerprint density at radius 2 is 1.95 bits per heavy atom. The van der Waals surface area contributed by atoms with Crippen molar-refractivity contribution in [3.63, 3.8) is 0 Å². The Kier molecular flexibility index (Phi) is 3.70. The molecule has 0 bridgehead atoms. The zero-order valence-electron chi connectivity index (χ0n) is 12.2. The highest BCUT2D eigenvalue weighted by Crippen LogP contribution is 2.47. The fourth-order valence-corrected chi connectivity index (χ4v) is 3.06. The van der Waals surface area contributed by atoms with Gasteiger partial charge in [-0.25, -0.2) is 0 Å². The summed E-state index contributed by atoms with van der Waals surface area (Å²) in [5.41, 5.74) is -0.863. The van der Waals surface area contributed by atoms with Gasteiger partial charge < -0.3 is 24.4 Å². The molecule has 4 unspecified atom stereocenters. The maximum absolute atomic E-state index is 11.9. The molecule has 4 atom stereocenters. The van der Waals surface area contributed by atoms with Crippen molar-refractivity contribution in [1.29, 1.82) is 0 Å². The van der Waals surface area contributed by atoms with Crippen LogP contribution in [0.4, 0.5) is 0 Å². The van der Waals surface area contributed by atoms with Gasteiger partial charge in [0.05, 0.1) is 32.5 Å². The molecule has 0 saturated carbocycles. The predicted octanol–water partition coefficient (Wildman–Crippen LogP) is 0.806. The van der Waals surface area contributed by atoms with E-state index in [9.17, 15) is 19.8 Å². The molecule has 7 heteroatoms. The van der Waals surface area contributed by atoms with E-state index < -0.39 is 23.3 Å². The van der Waals surface area contributed by atoms with Gasteiger partial charge in [0.2, 0.25) is 0 Å². The molecule has 3 rings (SSSR count). The number of hydrogen-bond donors (Lipinski definition) is 2. The summed E-state index contributed by atoms with van der Waals surface area (Å²) in [5.74, 6) is -3.45. The summed E-state index contributed by atoms with van der Waals surface area (Å²) in [4.78, 5) is 23.7. The van der Waals surface area contributed by atoms with E-state index >= 15 is 0 Å². The van der Waals surface area contributed by atoms with Gasteiger partial charge in [-0.2, -0.15) is 0 Å². The minimum Gasteiger partial charge on any atom is -0.500 e. The summed E-state index contributed by atoms with van der Waals surface area (Å²) >= 11 is 0. The number of ether oxygens (including phenoxy) is 3. The number of epoxide rings is 2. The highest BCUT2D eigenvalue weighted by molar-refractivity contribution is 5.88. The molecule has 2 aliphatic heterocycles. The molecule has 0 aromatic rings. The van der Waals surface area contributed by atoms with Crippen LogP contribution in [0, 0.1) is 11.3 Å². The first kappa shape index (κ1) is 15.1. The molecule has 0 amide bonds. The average Bonchev–Trinajstić information content (AvgIpc) is 3.34. The van der Waals surface area contributed by atoms with Gasteiger partial charge >= 0.3 is 11.9 Å². The standard InChI is InChI=1S/C15H18O7/c1-20-12-8(4-9-6-21-9)2-3-15(14(18)19,5-10-7-22-10)11(12)13(16)17/h2-3,9-11H,4-7H2,1H3,(H,16,17)(H,18,19). The second-order valence-corrected chi connectivity index (χ2v) is 5.86. The second kappa shape index (κ2) is 5.40. The van der Waals surface area contributed by atoms with Crippen LogP contribution in [0.5, 0.6) is 0 Å². The van der Waals surface area contributed by atoms with Gasteiger partial charge in [0.25, 0.3) is 0 Å². The van der Waals surface area contributed by atoms with E-state index in [1.165, 1.54) is 13.2 Å². The van der Waals surface area contributed by atoms with Crippen LogP contribution in [0.15, 0.2) is 23.5 Å². The van der Waals surface area contributed by atoms with Gasteiger partial charge in [0.15, 0.2) is 0 Å². The highest BCUT2D eigenvalue weighted by Gasteiger charge is 2.55. The molecule has 7 nitrogen and oxygen atoms in total. The van der Waals surface area contributed by atoms with E-state index in [0.29, 0.717) is 25.2 Å².